The Morgan fingerprint density at radius 2 is 2.21 bits per heavy atom. The molecule has 128 valence electrons. The highest BCUT2D eigenvalue weighted by molar-refractivity contribution is 5.78. The van der Waals surface area contributed by atoms with Crippen LogP contribution < -0.4 is 10.1 Å². The van der Waals surface area contributed by atoms with E-state index in [0.29, 0.717) is 6.54 Å². The minimum Gasteiger partial charge on any atom is -0.497 e. The molecule has 0 spiro atoms. The average Bonchev–Trinajstić information content (AvgIpc) is 3.09. The monoisotopic (exact) mass is 328 g/mol. The number of imidazole rings is 1. The zero-order valence-corrected chi connectivity index (χ0v) is 14.2. The lowest BCUT2D eigenvalue weighted by atomic mass is 9.98. The average molecular weight is 328 g/mol. The Bertz CT molecular complexity index is 681. The highest BCUT2D eigenvalue weighted by atomic mass is 16.5. The third-order valence-corrected chi connectivity index (χ3v) is 4.45. The number of aromatic nitrogens is 2. The van der Waals surface area contributed by atoms with Crippen LogP contribution in [0.2, 0.25) is 0 Å². The highest BCUT2D eigenvalue weighted by Crippen LogP contribution is 2.20. The molecule has 0 radical (unpaired) electrons. The van der Waals surface area contributed by atoms with Crippen molar-refractivity contribution in [2.75, 3.05) is 27.2 Å². The van der Waals surface area contributed by atoms with Crippen LogP contribution in [0, 0.1) is 5.92 Å². The van der Waals surface area contributed by atoms with Gasteiger partial charge in [-0.1, -0.05) is 0 Å². The second kappa shape index (κ2) is 7.49. The summed E-state index contributed by atoms with van der Waals surface area (Å²) >= 11 is 0. The fourth-order valence-electron chi connectivity index (χ4n) is 3.07. The van der Waals surface area contributed by atoms with Gasteiger partial charge in [-0.3, -0.25) is 4.79 Å². The van der Waals surface area contributed by atoms with E-state index in [-0.39, 0.29) is 11.8 Å². The van der Waals surface area contributed by atoms with E-state index in [1.54, 1.807) is 13.3 Å². The maximum Gasteiger partial charge on any atom is 0.224 e. The number of nitrogens with zero attached hydrogens (tertiary/aromatic N) is 2. The Labute approximate surface area is 142 Å². The number of aromatic amines is 1. The van der Waals surface area contributed by atoms with Gasteiger partial charge in [0.05, 0.1) is 31.5 Å². The van der Waals surface area contributed by atoms with E-state index in [9.17, 15) is 4.79 Å². The molecule has 1 aromatic carbocycles. The molecule has 0 bridgehead atoms. The fraction of sp³-hybridized carbons (Fsp3) is 0.444. The lowest BCUT2D eigenvalue weighted by Crippen LogP contribution is -2.41. The van der Waals surface area contributed by atoms with Crippen molar-refractivity contribution in [1.82, 2.24) is 20.2 Å². The Hall–Kier alpha value is -2.34. The summed E-state index contributed by atoms with van der Waals surface area (Å²) in [6, 6.07) is 7.79. The minimum atomic E-state index is 0.0831. The molecule has 3 rings (SSSR count). The van der Waals surface area contributed by atoms with Gasteiger partial charge < -0.3 is 19.9 Å². The van der Waals surface area contributed by atoms with Crippen LogP contribution in [0.15, 0.2) is 30.5 Å². The van der Waals surface area contributed by atoms with Crippen LogP contribution in [0.25, 0.3) is 11.3 Å². The van der Waals surface area contributed by atoms with Crippen molar-refractivity contribution in [3.63, 3.8) is 0 Å². The van der Waals surface area contributed by atoms with E-state index in [2.05, 4.69) is 27.2 Å². The summed E-state index contributed by atoms with van der Waals surface area (Å²) in [6.07, 6.45) is 3.83. The smallest absolute Gasteiger partial charge is 0.224 e. The number of likely N-dealkylation sites (tertiary alicyclic amines) is 1. The molecule has 1 fully saturated rings. The number of hydrogen-bond acceptors (Lipinski definition) is 4. The molecule has 0 saturated carbocycles. The number of benzene rings is 1. The van der Waals surface area contributed by atoms with E-state index in [1.165, 1.54) is 0 Å². The largest absolute Gasteiger partial charge is 0.497 e. The molecule has 2 aromatic rings. The zero-order valence-electron chi connectivity index (χ0n) is 14.2. The first-order chi connectivity index (χ1) is 11.7. The van der Waals surface area contributed by atoms with Gasteiger partial charge in [-0.15, -0.1) is 0 Å². The molecule has 0 aliphatic carbocycles. The van der Waals surface area contributed by atoms with Crippen molar-refractivity contribution in [2.24, 2.45) is 5.92 Å². The summed E-state index contributed by atoms with van der Waals surface area (Å²) in [6.45, 7) is 2.34. The third kappa shape index (κ3) is 3.94. The topological polar surface area (TPSA) is 70.2 Å². The molecule has 1 atom stereocenters. The number of rotatable bonds is 5. The lowest BCUT2D eigenvalue weighted by molar-refractivity contribution is -0.126. The number of methoxy groups -OCH3 is 1. The molecule has 1 unspecified atom stereocenters. The van der Waals surface area contributed by atoms with Crippen molar-refractivity contribution in [3.05, 3.63) is 36.3 Å². The number of carbonyl (C=O) groups is 1. The van der Waals surface area contributed by atoms with Crippen molar-refractivity contribution >= 4 is 5.91 Å². The summed E-state index contributed by atoms with van der Waals surface area (Å²) in [5.41, 5.74) is 1.97. The molecule has 1 amide bonds. The number of nitrogens with one attached hydrogen (secondary N) is 2. The van der Waals surface area contributed by atoms with Crippen LogP contribution in [0.3, 0.4) is 0 Å². The van der Waals surface area contributed by atoms with Gasteiger partial charge in [-0.2, -0.15) is 0 Å². The zero-order chi connectivity index (χ0) is 16.9. The van der Waals surface area contributed by atoms with Gasteiger partial charge in [0.2, 0.25) is 5.91 Å². The van der Waals surface area contributed by atoms with Crippen LogP contribution in [-0.2, 0) is 11.3 Å². The Morgan fingerprint density at radius 3 is 2.92 bits per heavy atom. The van der Waals surface area contributed by atoms with Crippen LogP contribution >= 0.6 is 0 Å². The number of ether oxygens (including phenoxy) is 1. The summed E-state index contributed by atoms with van der Waals surface area (Å²) in [5, 5.41) is 2.99. The van der Waals surface area contributed by atoms with Crippen molar-refractivity contribution in [1.29, 1.82) is 0 Å². The van der Waals surface area contributed by atoms with E-state index < -0.39 is 0 Å². The molecule has 1 aliphatic rings. The Balaban J connectivity index is 1.56. The molecule has 2 heterocycles. The first-order valence-corrected chi connectivity index (χ1v) is 8.30. The van der Waals surface area contributed by atoms with Crippen molar-refractivity contribution in [3.8, 4) is 17.0 Å². The number of H-pyrrole nitrogens is 1. The van der Waals surface area contributed by atoms with Gasteiger partial charge in [0.1, 0.15) is 11.6 Å². The number of amides is 1. The summed E-state index contributed by atoms with van der Waals surface area (Å²) in [7, 11) is 3.71. The van der Waals surface area contributed by atoms with Crippen molar-refractivity contribution < 1.29 is 9.53 Å². The first-order valence-electron chi connectivity index (χ1n) is 8.30. The molecule has 1 saturated heterocycles. The van der Waals surface area contributed by atoms with Crippen molar-refractivity contribution in [2.45, 2.75) is 19.4 Å². The van der Waals surface area contributed by atoms with Gasteiger partial charge in [0.15, 0.2) is 0 Å². The molecular formula is C18H24N4O2. The van der Waals surface area contributed by atoms with E-state index in [4.69, 9.17) is 4.74 Å². The van der Waals surface area contributed by atoms with Gasteiger partial charge in [-0.25, -0.2) is 4.98 Å². The first kappa shape index (κ1) is 16.5. The predicted molar refractivity (Wildman–Crippen MR) is 92.6 cm³/mol. The second-order valence-corrected chi connectivity index (χ2v) is 6.29. The third-order valence-electron chi connectivity index (χ3n) is 4.45. The summed E-state index contributed by atoms with van der Waals surface area (Å²) in [4.78, 5) is 22.1. The molecular weight excluding hydrogens is 304 g/mol. The molecule has 6 heteroatoms. The molecule has 1 aliphatic heterocycles. The van der Waals surface area contributed by atoms with Gasteiger partial charge in [0, 0.05) is 6.54 Å². The summed E-state index contributed by atoms with van der Waals surface area (Å²) < 4.78 is 5.16. The number of carbonyl (C=O) groups excluding carboxylic acids is 1. The van der Waals surface area contributed by atoms with Crippen LogP contribution in [-0.4, -0.2) is 48.0 Å². The standard InChI is InChI=1S/C18H24N4O2/c1-22-9-3-4-14(12-22)18(23)20-11-17-19-10-16(21-17)13-5-7-15(24-2)8-6-13/h5-8,10,14H,3-4,9,11-12H2,1-2H3,(H,19,21)(H,20,23). The predicted octanol–water partition coefficient (Wildman–Crippen LogP) is 2.04. The molecule has 24 heavy (non-hydrogen) atoms. The molecule has 1 aromatic heterocycles. The fourth-order valence-corrected chi connectivity index (χ4v) is 3.07. The summed E-state index contributed by atoms with van der Waals surface area (Å²) in [5.74, 6) is 1.78. The quantitative estimate of drug-likeness (QED) is 0.881. The van der Waals surface area contributed by atoms with E-state index in [0.717, 1.165) is 48.8 Å². The maximum absolute atomic E-state index is 12.3. The Kier molecular flexibility index (Phi) is 5.15. The maximum atomic E-state index is 12.3. The van der Waals surface area contributed by atoms with Gasteiger partial charge >= 0.3 is 0 Å². The van der Waals surface area contributed by atoms with Gasteiger partial charge in [0.25, 0.3) is 0 Å². The van der Waals surface area contributed by atoms with Crippen LogP contribution in [0.1, 0.15) is 18.7 Å². The highest BCUT2D eigenvalue weighted by Gasteiger charge is 2.23. The van der Waals surface area contributed by atoms with Gasteiger partial charge in [-0.05, 0) is 56.3 Å². The molecule has 6 nitrogen and oxygen atoms in total. The second-order valence-electron chi connectivity index (χ2n) is 6.29. The number of piperidine rings is 1. The molecule has 2 N–H and O–H groups in total. The lowest BCUT2D eigenvalue weighted by Gasteiger charge is -2.28. The SMILES string of the molecule is COc1ccc(-c2cnc(CNC(=O)C3CCCN(C)C3)[nH]2)cc1. The van der Waals surface area contributed by atoms with E-state index in [1.807, 2.05) is 24.3 Å². The Morgan fingerprint density at radius 1 is 1.42 bits per heavy atom. The normalized spacial score (nSPS) is 18.3. The van der Waals surface area contributed by atoms with E-state index >= 15 is 0 Å². The minimum absolute atomic E-state index is 0.0831. The van der Waals surface area contributed by atoms with Crippen LogP contribution in [0.5, 0.6) is 5.75 Å². The van der Waals surface area contributed by atoms with Crippen LogP contribution in [0.4, 0.5) is 0 Å². The number of hydrogen-bond donors (Lipinski definition) is 2.